The maximum Gasteiger partial charge on any atom is 0.225 e. The molecule has 0 saturated carbocycles. The molecule has 0 aliphatic heterocycles. The van der Waals surface area contributed by atoms with E-state index in [1.54, 1.807) is 0 Å². The predicted molar refractivity (Wildman–Crippen MR) is 103 cm³/mol. The molecule has 1 aromatic carbocycles. The Morgan fingerprint density at radius 3 is 2.20 bits per heavy atom. The number of nitrogens with zero attached hydrogens (tertiary/aromatic N) is 2. The fourth-order valence-corrected chi connectivity index (χ4v) is 3.28. The summed E-state index contributed by atoms with van der Waals surface area (Å²) in [6, 6.07) is 7.70. The number of para-hydroxylation sites is 1. The molecule has 0 unspecified atom stereocenters. The second-order valence-electron chi connectivity index (χ2n) is 7.56. The van der Waals surface area contributed by atoms with Crippen LogP contribution in [0.1, 0.15) is 32.8 Å². The molecule has 25 heavy (non-hydrogen) atoms. The van der Waals surface area contributed by atoms with Crippen molar-refractivity contribution < 1.29 is 13.2 Å². The number of rotatable bonds is 8. The Hall–Kier alpha value is -1.44. The van der Waals surface area contributed by atoms with E-state index in [2.05, 4.69) is 26.1 Å². The van der Waals surface area contributed by atoms with Gasteiger partial charge in [-0.3, -0.25) is 4.79 Å². The summed E-state index contributed by atoms with van der Waals surface area (Å²) in [6.07, 6.45) is 1.30. The lowest BCUT2D eigenvalue weighted by molar-refractivity contribution is -0.116. The molecule has 0 radical (unpaired) electrons. The lowest BCUT2D eigenvalue weighted by atomic mass is 9.86. The molecule has 0 aromatic heterocycles. The van der Waals surface area contributed by atoms with Gasteiger partial charge in [0.25, 0.3) is 0 Å². The van der Waals surface area contributed by atoms with Crippen LogP contribution in [0.2, 0.25) is 0 Å². The van der Waals surface area contributed by atoms with Gasteiger partial charge in [-0.2, -0.15) is 0 Å². The van der Waals surface area contributed by atoms with Crippen LogP contribution in [0, 0.1) is 0 Å². The first-order chi connectivity index (χ1) is 11.4. The van der Waals surface area contributed by atoms with Crippen molar-refractivity contribution in [3.63, 3.8) is 0 Å². The summed E-state index contributed by atoms with van der Waals surface area (Å²) in [6.45, 7) is 7.43. The van der Waals surface area contributed by atoms with Crippen molar-refractivity contribution in [2.24, 2.45) is 0 Å². The van der Waals surface area contributed by atoms with Crippen molar-refractivity contribution in [2.75, 3.05) is 45.3 Å². The molecule has 0 aliphatic rings. The van der Waals surface area contributed by atoms with Crippen molar-refractivity contribution in [1.29, 1.82) is 0 Å². The minimum absolute atomic E-state index is 0.0889. The summed E-state index contributed by atoms with van der Waals surface area (Å²) >= 11 is 0. The van der Waals surface area contributed by atoms with Crippen molar-refractivity contribution in [2.45, 2.75) is 32.6 Å². The molecule has 0 spiro atoms. The van der Waals surface area contributed by atoms with Crippen molar-refractivity contribution in [3.8, 4) is 0 Å². The number of nitrogens with one attached hydrogen (secondary N) is 1. The fourth-order valence-electron chi connectivity index (χ4n) is 2.44. The Morgan fingerprint density at radius 2 is 1.68 bits per heavy atom. The molecule has 7 heteroatoms. The van der Waals surface area contributed by atoms with Gasteiger partial charge >= 0.3 is 0 Å². The maximum absolute atomic E-state index is 12.3. The van der Waals surface area contributed by atoms with Crippen LogP contribution in [0.15, 0.2) is 24.3 Å². The highest BCUT2D eigenvalue weighted by Crippen LogP contribution is 2.29. The van der Waals surface area contributed by atoms with Crippen LogP contribution in [0.5, 0.6) is 0 Å². The van der Waals surface area contributed by atoms with Gasteiger partial charge < -0.3 is 10.2 Å². The summed E-state index contributed by atoms with van der Waals surface area (Å²) in [5.41, 5.74) is 1.74. The third-order valence-electron chi connectivity index (χ3n) is 3.86. The molecule has 0 atom stereocenters. The van der Waals surface area contributed by atoms with E-state index in [4.69, 9.17) is 0 Å². The van der Waals surface area contributed by atoms with E-state index >= 15 is 0 Å². The number of hydrogen-bond acceptors (Lipinski definition) is 4. The van der Waals surface area contributed by atoms with E-state index in [-0.39, 0.29) is 24.3 Å². The molecule has 0 saturated heterocycles. The van der Waals surface area contributed by atoms with Crippen LogP contribution in [-0.2, 0) is 20.2 Å². The monoisotopic (exact) mass is 369 g/mol. The van der Waals surface area contributed by atoms with Crippen LogP contribution in [0.4, 0.5) is 5.69 Å². The standard InChI is InChI=1S/C18H31N3O3S/c1-18(2,3)15-9-7-8-10-16(15)19-17(22)11-12-21(25(6,23)24)14-13-20(4)5/h7-10H,11-14H2,1-6H3,(H,19,22). The highest BCUT2D eigenvalue weighted by Gasteiger charge is 2.20. The second-order valence-corrected chi connectivity index (χ2v) is 9.54. The van der Waals surface area contributed by atoms with Crippen molar-refractivity contribution in [3.05, 3.63) is 29.8 Å². The quantitative estimate of drug-likeness (QED) is 0.762. The Labute approximate surface area is 152 Å². The van der Waals surface area contributed by atoms with Gasteiger partial charge in [0.05, 0.1) is 6.26 Å². The number of benzene rings is 1. The summed E-state index contributed by atoms with van der Waals surface area (Å²) < 4.78 is 25.1. The molecule has 0 heterocycles. The normalized spacial score (nSPS) is 12.6. The molecule has 0 aliphatic carbocycles. The van der Waals surface area contributed by atoms with Crippen LogP contribution < -0.4 is 5.32 Å². The predicted octanol–water partition coefficient (Wildman–Crippen LogP) is 2.14. The van der Waals surface area contributed by atoms with Crippen molar-refractivity contribution in [1.82, 2.24) is 9.21 Å². The Bertz CT molecular complexity index is 679. The second kappa shape index (κ2) is 8.78. The first kappa shape index (κ1) is 21.6. The minimum Gasteiger partial charge on any atom is -0.326 e. The van der Waals surface area contributed by atoms with E-state index in [1.165, 1.54) is 10.6 Å². The van der Waals surface area contributed by atoms with E-state index in [1.807, 2.05) is 43.3 Å². The zero-order chi connectivity index (χ0) is 19.3. The van der Waals surface area contributed by atoms with Crippen molar-refractivity contribution >= 4 is 21.6 Å². The zero-order valence-electron chi connectivity index (χ0n) is 16.2. The molecule has 1 N–H and O–H groups in total. The fraction of sp³-hybridized carbons (Fsp3) is 0.611. The molecule has 6 nitrogen and oxygen atoms in total. The van der Waals surface area contributed by atoms with E-state index in [0.717, 1.165) is 11.3 Å². The Morgan fingerprint density at radius 1 is 1.08 bits per heavy atom. The van der Waals surface area contributed by atoms with Gasteiger partial charge in [-0.05, 0) is 31.1 Å². The number of sulfonamides is 1. The molecule has 142 valence electrons. The van der Waals surface area contributed by atoms with Gasteiger partial charge in [0, 0.05) is 31.7 Å². The lowest BCUT2D eigenvalue weighted by Crippen LogP contribution is -2.37. The minimum atomic E-state index is -3.33. The third-order valence-corrected chi connectivity index (χ3v) is 5.17. The highest BCUT2D eigenvalue weighted by atomic mass is 32.2. The molecular weight excluding hydrogens is 338 g/mol. The Balaban J connectivity index is 2.73. The van der Waals surface area contributed by atoms with E-state index < -0.39 is 10.0 Å². The van der Waals surface area contributed by atoms with Gasteiger partial charge in [-0.25, -0.2) is 12.7 Å². The molecule has 1 aromatic rings. The third kappa shape index (κ3) is 7.54. The molecule has 1 amide bonds. The van der Waals surface area contributed by atoms with E-state index in [0.29, 0.717) is 13.1 Å². The van der Waals surface area contributed by atoms with Gasteiger partial charge in [0.15, 0.2) is 0 Å². The first-order valence-corrected chi connectivity index (χ1v) is 10.3. The van der Waals surface area contributed by atoms with Gasteiger partial charge in [-0.15, -0.1) is 0 Å². The number of carbonyl (C=O) groups excluding carboxylic acids is 1. The summed E-state index contributed by atoms with van der Waals surface area (Å²) in [7, 11) is 0.437. The van der Waals surface area contributed by atoms with Crippen LogP contribution >= 0.6 is 0 Å². The number of anilines is 1. The average Bonchev–Trinajstić information content (AvgIpc) is 2.44. The zero-order valence-corrected chi connectivity index (χ0v) is 17.0. The lowest BCUT2D eigenvalue weighted by Gasteiger charge is -2.24. The number of carbonyl (C=O) groups is 1. The highest BCUT2D eigenvalue weighted by molar-refractivity contribution is 7.88. The van der Waals surface area contributed by atoms with Crippen LogP contribution in [0.3, 0.4) is 0 Å². The maximum atomic E-state index is 12.3. The van der Waals surface area contributed by atoms with E-state index in [9.17, 15) is 13.2 Å². The van der Waals surface area contributed by atoms with Crippen LogP contribution in [-0.4, -0.2) is 63.5 Å². The summed E-state index contributed by atoms with van der Waals surface area (Å²) in [5, 5.41) is 2.92. The molecular formula is C18H31N3O3S. The van der Waals surface area contributed by atoms with Gasteiger partial charge in [0.2, 0.25) is 15.9 Å². The number of amides is 1. The molecule has 0 fully saturated rings. The smallest absolute Gasteiger partial charge is 0.225 e. The first-order valence-electron chi connectivity index (χ1n) is 8.40. The topological polar surface area (TPSA) is 69.7 Å². The largest absolute Gasteiger partial charge is 0.326 e. The summed E-state index contributed by atoms with van der Waals surface area (Å²) in [4.78, 5) is 14.2. The average molecular weight is 370 g/mol. The number of hydrogen-bond donors (Lipinski definition) is 1. The molecule has 0 bridgehead atoms. The van der Waals surface area contributed by atoms with Crippen LogP contribution in [0.25, 0.3) is 0 Å². The summed E-state index contributed by atoms with van der Waals surface area (Å²) in [5.74, 6) is -0.185. The van der Waals surface area contributed by atoms with Gasteiger partial charge in [0.1, 0.15) is 0 Å². The SMILES string of the molecule is CN(C)CCN(CCC(=O)Nc1ccccc1C(C)(C)C)S(C)(=O)=O. The molecule has 1 rings (SSSR count). The van der Waals surface area contributed by atoms with Gasteiger partial charge in [-0.1, -0.05) is 39.0 Å². The Kier molecular flexibility index (Phi) is 7.59. The number of likely N-dealkylation sites (N-methyl/N-ethyl adjacent to an activating group) is 1.